The highest BCUT2D eigenvalue weighted by atomic mass is 16.5. The molecule has 0 atom stereocenters. The maximum atomic E-state index is 6.57. The van der Waals surface area contributed by atoms with Crippen LogP contribution in [0, 0.1) is 0 Å². The van der Waals surface area contributed by atoms with Crippen LogP contribution in [0.4, 0.5) is 0 Å². The van der Waals surface area contributed by atoms with Gasteiger partial charge in [-0.15, -0.1) is 0 Å². The van der Waals surface area contributed by atoms with Crippen molar-refractivity contribution in [2.24, 2.45) is 0 Å². The molecule has 4 heterocycles. The second-order valence-electron chi connectivity index (χ2n) is 11.9. The van der Waals surface area contributed by atoms with E-state index in [1.165, 1.54) is 0 Å². The first kappa shape index (κ1) is 26.5. The summed E-state index contributed by atoms with van der Waals surface area (Å²) >= 11 is 0. The largest absolute Gasteiger partial charge is 0.456 e. The molecule has 6 heteroatoms. The second-order valence-corrected chi connectivity index (χ2v) is 11.9. The molecule has 0 bridgehead atoms. The van der Waals surface area contributed by atoms with Crippen molar-refractivity contribution in [3.8, 4) is 62.6 Å². The van der Waals surface area contributed by atoms with E-state index in [4.69, 9.17) is 24.7 Å². The lowest BCUT2D eigenvalue weighted by atomic mass is 9.98. The standard InChI is InChI=1S/C42H25N5O/c1-3-11-27(12-4-1)40-44-41(28-13-5-2-6-14-28)46-42(45-40)29-16-9-17-30(23-29)47-34-19-8-7-18-31(34)32-24-33-37(25-35(32)47)48-36-20-10-15-26-21-22-43-39(33)38(26)36/h1-25H. The maximum Gasteiger partial charge on any atom is 0.164 e. The number of hydrogen-bond acceptors (Lipinski definition) is 5. The van der Waals surface area contributed by atoms with Gasteiger partial charge in [0.25, 0.3) is 0 Å². The molecular weight excluding hydrogens is 590 g/mol. The van der Waals surface area contributed by atoms with Crippen LogP contribution in [0.2, 0.25) is 0 Å². The zero-order valence-corrected chi connectivity index (χ0v) is 25.6. The Balaban J connectivity index is 1.18. The molecule has 0 spiro atoms. The summed E-state index contributed by atoms with van der Waals surface area (Å²) in [6, 6.07) is 49.6. The highest BCUT2D eigenvalue weighted by molar-refractivity contribution is 6.13. The molecule has 0 radical (unpaired) electrons. The van der Waals surface area contributed by atoms with Crippen molar-refractivity contribution < 1.29 is 4.74 Å². The number of rotatable bonds is 4. The number of nitrogens with zero attached hydrogens (tertiary/aromatic N) is 5. The fraction of sp³-hybridized carbons (Fsp3) is 0. The molecule has 6 aromatic carbocycles. The van der Waals surface area contributed by atoms with E-state index >= 15 is 0 Å². The molecule has 1 aliphatic heterocycles. The van der Waals surface area contributed by atoms with Crippen molar-refractivity contribution in [1.82, 2.24) is 24.5 Å². The quantitative estimate of drug-likeness (QED) is 0.197. The van der Waals surface area contributed by atoms with Crippen LogP contribution in [0.15, 0.2) is 152 Å². The Morgan fingerprint density at radius 3 is 1.92 bits per heavy atom. The summed E-state index contributed by atoms with van der Waals surface area (Å²) in [6.45, 7) is 0. The summed E-state index contributed by atoms with van der Waals surface area (Å²) in [7, 11) is 0. The second kappa shape index (κ2) is 10.4. The van der Waals surface area contributed by atoms with E-state index in [-0.39, 0.29) is 0 Å². The van der Waals surface area contributed by atoms with Gasteiger partial charge in [0, 0.05) is 51.0 Å². The first-order valence-electron chi connectivity index (χ1n) is 15.9. The molecule has 0 aliphatic carbocycles. The number of fused-ring (bicyclic) bond motifs is 5. The molecule has 0 amide bonds. The predicted octanol–water partition coefficient (Wildman–Crippen LogP) is 10.3. The molecule has 9 aromatic rings. The molecule has 0 saturated carbocycles. The minimum Gasteiger partial charge on any atom is -0.456 e. The number of pyridine rings is 1. The van der Waals surface area contributed by atoms with Gasteiger partial charge in [0.2, 0.25) is 0 Å². The van der Waals surface area contributed by atoms with E-state index < -0.39 is 0 Å². The van der Waals surface area contributed by atoms with E-state index in [1.54, 1.807) is 0 Å². The van der Waals surface area contributed by atoms with Gasteiger partial charge in [-0.25, -0.2) is 15.0 Å². The zero-order valence-electron chi connectivity index (χ0n) is 25.6. The molecule has 3 aromatic heterocycles. The third kappa shape index (κ3) is 4.13. The minimum atomic E-state index is 0.613. The van der Waals surface area contributed by atoms with Crippen molar-refractivity contribution in [1.29, 1.82) is 0 Å². The molecule has 0 saturated heterocycles. The maximum absolute atomic E-state index is 6.57. The number of para-hydroxylation sites is 1. The number of hydrogen-bond donors (Lipinski definition) is 0. The number of aromatic nitrogens is 5. The summed E-state index contributed by atoms with van der Waals surface area (Å²) in [6.07, 6.45) is 1.88. The smallest absolute Gasteiger partial charge is 0.164 e. The van der Waals surface area contributed by atoms with Gasteiger partial charge in [-0.1, -0.05) is 103 Å². The van der Waals surface area contributed by atoms with Crippen LogP contribution in [-0.4, -0.2) is 24.5 Å². The van der Waals surface area contributed by atoms with Crippen LogP contribution in [0.3, 0.4) is 0 Å². The van der Waals surface area contributed by atoms with E-state index in [2.05, 4.69) is 71.3 Å². The van der Waals surface area contributed by atoms with Crippen LogP contribution in [0.25, 0.3) is 83.7 Å². The SMILES string of the molecule is c1ccc(-c2nc(-c3ccccc3)nc(-c3cccc(-n4c5ccccc5c5cc6c(cc54)Oc4cccc5ccnc-6c45)c3)n2)cc1. The normalized spacial score (nSPS) is 11.9. The Morgan fingerprint density at radius 1 is 0.479 bits per heavy atom. The zero-order chi connectivity index (χ0) is 31.6. The van der Waals surface area contributed by atoms with Crippen LogP contribution in [0.5, 0.6) is 11.5 Å². The van der Waals surface area contributed by atoms with E-state index in [1.807, 2.05) is 85.1 Å². The monoisotopic (exact) mass is 615 g/mol. The van der Waals surface area contributed by atoms with Gasteiger partial charge in [0.1, 0.15) is 11.5 Å². The van der Waals surface area contributed by atoms with Gasteiger partial charge in [-0.3, -0.25) is 4.98 Å². The summed E-state index contributed by atoms with van der Waals surface area (Å²) in [5.74, 6) is 3.50. The van der Waals surface area contributed by atoms with E-state index in [0.29, 0.717) is 17.5 Å². The topological polar surface area (TPSA) is 65.7 Å². The average Bonchev–Trinajstić information content (AvgIpc) is 3.48. The van der Waals surface area contributed by atoms with Crippen LogP contribution >= 0.6 is 0 Å². The fourth-order valence-corrected chi connectivity index (χ4v) is 6.87. The van der Waals surface area contributed by atoms with Gasteiger partial charge in [-0.2, -0.15) is 0 Å². The van der Waals surface area contributed by atoms with Gasteiger partial charge in [0.05, 0.1) is 22.1 Å². The van der Waals surface area contributed by atoms with Crippen LogP contribution in [-0.2, 0) is 0 Å². The third-order valence-corrected chi connectivity index (χ3v) is 9.06. The van der Waals surface area contributed by atoms with Crippen molar-refractivity contribution in [3.63, 3.8) is 0 Å². The molecule has 6 nitrogen and oxygen atoms in total. The number of ether oxygens (including phenoxy) is 1. The Labute approximate surface area is 275 Å². The molecule has 48 heavy (non-hydrogen) atoms. The Bertz CT molecular complexity index is 2640. The summed E-state index contributed by atoms with van der Waals surface area (Å²) in [5.41, 5.74) is 7.86. The van der Waals surface area contributed by atoms with E-state index in [0.717, 1.165) is 77.7 Å². The molecule has 0 fully saturated rings. The molecule has 0 N–H and O–H groups in total. The highest BCUT2D eigenvalue weighted by Crippen LogP contribution is 2.48. The fourth-order valence-electron chi connectivity index (χ4n) is 6.87. The Hall–Kier alpha value is -6.66. The lowest BCUT2D eigenvalue weighted by Gasteiger charge is -2.21. The molecular formula is C42H25N5O. The van der Waals surface area contributed by atoms with Crippen LogP contribution in [0.1, 0.15) is 0 Å². The molecule has 10 rings (SSSR count). The Morgan fingerprint density at radius 2 is 1.15 bits per heavy atom. The summed E-state index contributed by atoms with van der Waals surface area (Å²) < 4.78 is 8.86. The lowest BCUT2D eigenvalue weighted by Crippen LogP contribution is -2.01. The van der Waals surface area contributed by atoms with Crippen molar-refractivity contribution in [3.05, 3.63) is 152 Å². The van der Waals surface area contributed by atoms with Gasteiger partial charge < -0.3 is 9.30 Å². The summed E-state index contributed by atoms with van der Waals surface area (Å²) in [4.78, 5) is 19.7. The van der Waals surface area contributed by atoms with E-state index in [9.17, 15) is 0 Å². The van der Waals surface area contributed by atoms with Crippen LogP contribution < -0.4 is 4.74 Å². The molecule has 0 unspecified atom stereocenters. The first-order valence-corrected chi connectivity index (χ1v) is 15.9. The predicted molar refractivity (Wildman–Crippen MR) is 191 cm³/mol. The van der Waals surface area contributed by atoms with Gasteiger partial charge in [-0.05, 0) is 41.8 Å². The summed E-state index contributed by atoms with van der Waals surface area (Å²) in [5, 5.41) is 4.45. The molecule has 1 aliphatic rings. The Kier molecular flexibility index (Phi) is 5.77. The van der Waals surface area contributed by atoms with Crippen molar-refractivity contribution >= 4 is 32.6 Å². The minimum absolute atomic E-state index is 0.613. The number of benzene rings is 6. The molecule has 224 valence electrons. The average molecular weight is 616 g/mol. The first-order chi connectivity index (χ1) is 23.8. The highest BCUT2D eigenvalue weighted by Gasteiger charge is 2.24. The van der Waals surface area contributed by atoms with Crippen molar-refractivity contribution in [2.75, 3.05) is 0 Å². The third-order valence-electron chi connectivity index (χ3n) is 9.06. The van der Waals surface area contributed by atoms with Gasteiger partial charge >= 0.3 is 0 Å². The lowest BCUT2D eigenvalue weighted by molar-refractivity contribution is 0.487. The van der Waals surface area contributed by atoms with Crippen molar-refractivity contribution in [2.45, 2.75) is 0 Å². The van der Waals surface area contributed by atoms with Gasteiger partial charge in [0.15, 0.2) is 17.5 Å².